The summed E-state index contributed by atoms with van der Waals surface area (Å²) in [6.07, 6.45) is 0.606. The molecule has 0 radical (unpaired) electrons. The Morgan fingerprint density at radius 2 is 2.06 bits per heavy atom. The van der Waals surface area contributed by atoms with Crippen LogP contribution in [0, 0.1) is 0 Å². The lowest BCUT2D eigenvalue weighted by atomic mass is 9.87. The first kappa shape index (κ1) is 14.0. The Labute approximate surface area is 109 Å². The molecule has 2 nitrogen and oxygen atoms in total. The Bertz CT molecular complexity index is 395. The van der Waals surface area contributed by atoms with Gasteiger partial charge in [-0.25, -0.2) is 0 Å². The van der Waals surface area contributed by atoms with Crippen molar-refractivity contribution in [1.29, 1.82) is 0 Å². The van der Waals surface area contributed by atoms with Crippen LogP contribution in [-0.4, -0.2) is 11.1 Å². The highest BCUT2D eigenvalue weighted by molar-refractivity contribution is 7.80. The number of hydrogen-bond donors (Lipinski definition) is 1. The summed E-state index contributed by atoms with van der Waals surface area (Å²) in [7, 11) is 0. The van der Waals surface area contributed by atoms with Crippen molar-refractivity contribution < 1.29 is 4.74 Å². The van der Waals surface area contributed by atoms with E-state index in [1.807, 2.05) is 19.1 Å². The number of ether oxygens (including phenoxy) is 1. The molecule has 0 spiro atoms. The normalized spacial score (nSPS) is 13.2. The lowest BCUT2D eigenvalue weighted by molar-refractivity contribution is 0.263. The van der Waals surface area contributed by atoms with E-state index in [1.54, 1.807) is 0 Å². The molecule has 0 amide bonds. The first-order valence-corrected chi connectivity index (χ1v) is 6.32. The molecule has 0 aliphatic rings. The lowest BCUT2D eigenvalue weighted by Crippen LogP contribution is -2.31. The van der Waals surface area contributed by atoms with Gasteiger partial charge in [0.1, 0.15) is 16.8 Å². The lowest BCUT2D eigenvalue weighted by Gasteiger charge is -2.21. The highest BCUT2D eigenvalue weighted by Crippen LogP contribution is 2.26. The van der Waals surface area contributed by atoms with E-state index < -0.39 is 0 Å². The van der Waals surface area contributed by atoms with Gasteiger partial charge in [-0.15, -0.1) is 0 Å². The van der Waals surface area contributed by atoms with Gasteiger partial charge < -0.3 is 10.5 Å². The maximum atomic E-state index is 5.79. The first-order valence-electron chi connectivity index (χ1n) is 5.91. The fourth-order valence-electron chi connectivity index (χ4n) is 1.54. The van der Waals surface area contributed by atoms with E-state index in [-0.39, 0.29) is 11.5 Å². The molecule has 0 saturated carbocycles. The minimum absolute atomic E-state index is 0.115. The van der Waals surface area contributed by atoms with Crippen LogP contribution in [0.25, 0.3) is 0 Å². The number of rotatable bonds is 4. The van der Waals surface area contributed by atoms with E-state index in [0.717, 1.165) is 12.2 Å². The number of benzene rings is 1. The molecule has 17 heavy (non-hydrogen) atoms. The maximum absolute atomic E-state index is 5.79. The second-order valence-corrected chi connectivity index (χ2v) is 5.67. The van der Waals surface area contributed by atoms with Gasteiger partial charge in [0.05, 0.1) is 0 Å². The van der Waals surface area contributed by atoms with E-state index in [9.17, 15) is 0 Å². The van der Waals surface area contributed by atoms with Gasteiger partial charge in [-0.1, -0.05) is 52.0 Å². The topological polar surface area (TPSA) is 35.2 Å². The van der Waals surface area contributed by atoms with Crippen LogP contribution in [0.15, 0.2) is 24.3 Å². The van der Waals surface area contributed by atoms with Crippen LogP contribution in [0.5, 0.6) is 5.75 Å². The molecule has 0 bridgehead atoms. The van der Waals surface area contributed by atoms with Crippen molar-refractivity contribution in [1.82, 2.24) is 0 Å². The summed E-state index contributed by atoms with van der Waals surface area (Å²) < 4.78 is 5.79. The minimum atomic E-state index is -0.180. The molecule has 1 aromatic rings. The molecule has 1 unspecified atom stereocenters. The summed E-state index contributed by atoms with van der Waals surface area (Å²) in [5.74, 6) is 0.831. The third kappa shape index (κ3) is 4.00. The van der Waals surface area contributed by atoms with Crippen molar-refractivity contribution in [3.63, 3.8) is 0 Å². The van der Waals surface area contributed by atoms with Gasteiger partial charge in [-0.05, 0) is 29.5 Å². The molecule has 0 fully saturated rings. The second kappa shape index (κ2) is 5.50. The zero-order chi connectivity index (χ0) is 13.1. The van der Waals surface area contributed by atoms with Gasteiger partial charge in [-0.3, -0.25) is 0 Å². The van der Waals surface area contributed by atoms with Crippen LogP contribution in [0.3, 0.4) is 0 Å². The van der Waals surface area contributed by atoms with Gasteiger partial charge >= 0.3 is 0 Å². The average Bonchev–Trinajstić information content (AvgIpc) is 2.24. The molecular weight excluding hydrogens is 230 g/mol. The van der Waals surface area contributed by atoms with Crippen molar-refractivity contribution in [2.24, 2.45) is 5.73 Å². The summed E-state index contributed by atoms with van der Waals surface area (Å²) in [4.78, 5) is 0.411. The molecule has 0 aliphatic carbocycles. The summed E-state index contributed by atoms with van der Waals surface area (Å²) in [6, 6.07) is 8.11. The molecule has 1 aromatic carbocycles. The molecular formula is C14H21NOS. The van der Waals surface area contributed by atoms with Gasteiger partial charge in [-0.2, -0.15) is 0 Å². The van der Waals surface area contributed by atoms with E-state index in [2.05, 4.69) is 32.9 Å². The Balaban J connectivity index is 2.89. The van der Waals surface area contributed by atoms with Gasteiger partial charge in [0.25, 0.3) is 0 Å². The van der Waals surface area contributed by atoms with Gasteiger partial charge in [0.15, 0.2) is 0 Å². The van der Waals surface area contributed by atoms with Crippen LogP contribution in [0.4, 0.5) is 0 Å². The highest BCUT2D eigenvalue weighted by Gasteiger charge is 2.16. The van der Waals surface area contributed by atoms with Gasteiger partial charge in [0, 0.05) is 0 Å². The molecule has 1 atom stereocenters. The summed E-state index contributed by atoms with van der Waals surface area (Å²) in [5.41, 5.74) is 6.98. The van der Waals surface area contributed by atoms with Crippen molar-refractivity contribution in [2.75, 3.05) is 0 Å². The van der Waals surface area contributed by atoms with Crippen LogP contribution >= 0.6 is 12.2 Å². The largest absolute Gasteiger partial charge is 0.483 e. The monoisotopic (exact) mass is 251 g/mol. The minimum Gasteiger partial charge on any atom is -0.483 e. The van der Waals surface area contributed by atoms with E-state index >= 15 is 0 Å². The van der Waals surface area contributed by atoms with E-state index in [4.69, 9.17) is 22.7 Å². The SMILES string of the molecule is CCC(Oc1cccc(C(C)(C)C)c1)C(N)=S. The zero-order valence-electron chi connectivity index (χ0n) is 11.0. The summed E-state index contributed by atoms with van der Waals surface area (Å²) in [5, 5.41) is 0. The Hall–Kier alpha value is -1.09. The molecule has 0 saturated heterocycles. The fraction of sp³-hybridized carbons (Fsp3) is 0.500. The number of hydrogen-bond acceptors (Lipinski definition) is 2. The van der Waals surface area contributed by atoms with E-state index in [0.29, 0.717) is 4.99 Å². The Morgan fingerprint density at radius 3 is 2.53 bits per heavy atom. The highest BCUT2D eigenvalue weighted by atomic mass is 32.1. The molecule has 0 aromatic heterocycles. The Morgan fingerprint density at radius 1 is 1.41 bits per heavy atom. The van der Waals surface area contributed by atoms with Crippen LogP contribution < -0.4 is 10.5 Å². The molecule has 1 rings (SSSR count). The maximum Gasteiger partial charge on any atom is 0.148 e. The van der Waals surface area contributed by atoms with Crippen molar-refractivity contribution >= 4 is 17.2 Å². The van der Waals surface area contributed by atoms with Gasteiger partial charge in [0.2, 0.25) is 0 Å². The quantitative estimate of drug-likeness (QED) is 0.833. The second-order valence-electron chi connectivity index (χ2n) is 5.19. The first-order chi connectivity index (χ1) is 7.84. The number of thiocarbonyl (C=S) groups is 1. The molecule has 3 heteroatoms. The summed E-state index contributed by atoms with van der Waals surface area (Å²) in [6.45, 7) is 8.54. The smallest absolute Gasteiger partial charge is 0.148 e. The molecule has 0 aliphatic heterocycles. The van der Waals surface area contributed by atoms with Crippen LogP contribution in [-0.2, 0) is 5.41 Å². The predicted molar refractivity (Wildman–Crippen MR) is 76.6 cm³/mol. The zero-order valence-corrected chi connectivity index (χ0v) is 11.8. The number of nitrogens with two attached hydrogens (primary N) is 1. The van der Waals surface area contributed by atoms with Crippen molar-refractivity contribution in [3.8, 4) is 5.75 Å². The van der Waals surface area contributed by atoms with Crippen LogP contribution in [0.1, 0.15) is 39.7 Å². The molecule has 0 heterocycles. The predicted octanol–water partition coefficient (Wildman–Crippen LogP) is 3.43. The molecule has 94 valence electrons. The van der Waals surface area contributed by atoms with Crippen LogP contribution in [0.2, 0.25) is 0 Å². The average molecular weight is 251 g/mol. The Kier molecular flexibility index (Phi) is 4.52. The van der Waals surface area contributed by atoms with E-state index in [1.165, 1.54) is 5.56 Å². The third-order valence-corrected chi connectivity index (χ3v) is 2.93. The standard InChI is InChI=1S/C14H21NOS/c1-5-12(13(15)17)16-11-8-6-7-10(9-11)14(2,3)4/h6-9,12H,5H2,1-4H3,(H2,15,17). The third-order valence-electron chi connectivity index (χ3n) is 2.67. The fourth-order valence-corrected chi connectivity index (χ4v) is 1.76. The van der Waals surface area contributed by atoms with Crippen molar-refractivity contribution in [2.45, 2.75) is 45.6 Å². The van der Waals surface area contributed by atoms with Crippen molar-refractivity contribution in [3.05, 3.63) is 29.8 Å². The molecule has 2 N–H and O–H groups in total. The summed E-state index contributed by atoms with van der Waals surface area (Å²) >= 11 is 4.97.